The molecule has 0 spiro atoms. The van der Waals surface area contributed by atoms with Gasteiger partial charge < -0.3 is 4.43 Å². The van der Waals surface area contributed by atoms with Crippen LogP contribution in [0.15, 0.2) is 30.3 Å². The topological polar surface area (TPSA) is 46.6 Å². The van der Waals surface area contributed by atoms with E-state index in [9.17, 15) is 9.59 Å². The minimum Gasteiger partial charge on any atom is -0.403 e. The fourth-order valence-electron chi connectivity index (χ4n) is 3.64. The lowest BCUT2D eigenvalue weighted by Crippen LogP contribution is -2.64. The number of imide groups is 1. The van der Waals surface area contributed by atoms with Crippen LogP contribution in [0.2, 0.25) is 18.1 Å². The van der Waals surface area contributed by atoms with E-state index < -0.39 is 14.4 Å². The van der Waals surface area contributed by atoms with Gasteiger partial charge in [-0.25, -0.2) is 0 Å². The number of benzene rings is 1. The average molecular weight is 376 g/mol. The molecule has 0 radical (unpaired) electrons. The minimum atomic E-state index is -1.94. The van der Waals surface area contributed by atoms with E-state index in [1.165, 1.54) is 4.90 Å². The van der Waals surface area contributed by atoms with Crippen LogP contribution in [0.25, 0.3) is 0 Å². The fourth-order valence-corrected chi connectivity index (χ4v) is 6.41. The van der Waals surface area contributed by atoms with Gasteiger partial charge in [0.25, 0.3) is 5.91 Å². The fraction of sp³-hybridized carbons (Fsp3) is 0.619. The second-order valence-corrected chi connectivity index (χ2v) is 13.2. The van der Waals surface area contributed by atoms with Gasteiger partial charge in [-0.05, 0) is 29.1 Å². The molecule has 1 aromatic rings. The molecule has 26 heavy (non-hydrogen) atoms. The molecule has 0 N–H and O–H groups in total. The van der Waals surface area contributed by atoms with Gasteiger partial charge >= 0.3 is 0 Å². The number of carbonyl (C=O) groups is 2. The Morgan fingerprint density at radius 2 is 1.62 bits per heavy atom. The third-order valence-corrected chi connectivity index (χ3v) is 10.1. The lowest BCUT2D eigenvalue weighted by atomic mass is 9.86. The summed E-state index contributed by atoms with van der Waals surface area (Å²) >= 11 is 0. The van der Waals surface area contributed by atoms with Crippen LogP contribution >= 0.6 is 0 Å². The summed E-state index contributed by atoms with van der Waals surface area (Å²) in [7, 11) is -1.94. The zero-order valence-corrected chi connectivity index (χ0v) is 18.0. The van der Waals surface area contributed by atoms with Crippen LogP contribution in [-0.2, 0) is 14.0 Å². The van der Waals surface area contributed by atoms with Gasteiger partial charge in [-0.1, -0.05) is 71.9 Å². The highest BCUT2D eigenvalue weighted by Crippen LogP contribution is 2.41. The summed E-state index contributed by atoms with van der Waals surface area (Å²) < 4.78 is 6.51. The molecule has 0 aromatic heterocycles. The number of β-lactam (4-membered cyclic amide) rings is 1. The quantitative estimate of drug-likeness (QED) is 0.502. The average Bonchev–Trinajstić information content (AvgIpc) is 2.60. The number of hydrogen-bond acceptors (Lipinski definition) is 3. The van der Waals surface area contributed by atoms with Crippen molar-refractivity contribution >= 4 is 20.1 Å². The highest BCUT2D eigenvalue weighted by Gasteiger charge is 2.54. The number of nitrogens with zero attached hydrogens (tertiary/aromatic N) is 1. The first kappa shape index (κ1) is 20.8. The highest BCUT2D eigenvalue weighted by molar-refractivity contribution is 6.73. The van der Waals surface area contributed by atoms with Crippen LogP contribution in [0.1, 0.15) is 59.6 Å². The molecule has 1 aromatic carbocycles. The van der Waals surface area contributed by atoms with Gasteiger partial charge in [0.2, 0.25) is 5.91 Å². The standard InChI is InChI=1S/C21H33NO3Si/c1-7-26(8-2,9-3)25-19-18(16-13-11-10-12-14-16)22(20(19)24)17(23)15-21(4,5)6/h10-14,18-19H,7-9,15H2,1-6H3. The smallest absolute Gasteiger partial charge is 0.260 e. The van der Waals surface area contributed by atoms with Crippen LogP contribution in [-0.4, -0.2) is 31.1 Å². The summed E-state index contributed by atoms with van der Waals surface area (Å²) in [5.74, 6) is -0.270. The highest BCUT2D eigenvalue weighted by atomic mass is 28.4. The summed E-state index contributed by atoms with van der Waals surface area (Å²) in [6.07, 6.45) is -0.167. The second-order valence-electron chi connectivity index (χ2n) is 8.48. The molecule has 1 aliphatic rings. The van der Waals surface area contributed by atoms with E-state index in [1.54, 1.807) is 0 Å². The molecule has 0 saturated carbocycles. The number of likely N-dealkylation sites (tertiary alicyclic amines) is 1. The number of rotatable bonds is 7. The van der Waals surface area contributed by atoms with Gasteiger partial charge in [0.05, 0.1) is 6.04 Å². The maximum absolute atomic E-state index is 12.9. The van der Waals surface area contributed by atoms with E-state index in [4.69, 9.17) is 4.43 Å². The molecule has 2 amide bonds. The molecular weight excluding hydrogens is 342 g/mol. The Morgan fingerprint density at radius 1 is 1.08 bits per heavy atom. The van der Waals surface area contributed by atoms with E-state index in [-0.39, 0.29) is 23.3 Å². The molecule has 5 heteroatoms. The van der Waals surface area contributed by atoms with Gasteiger partial charge in [-0.2, -0.15) is 0 Å². The van der Waals surface area contributed by atoms with Crippen LogP contribution in [0.4, 0.5) is 0 Å². The first-order valence-corrected chi connectivity index (χ1v) is 12.3. The predicted octanol–water partition coefficient (Wildman–Crippen LogP) is 4.92. The van der Waals surface area contributed by atoms with E-state index in [0.29, 0.717) is 6.42 Å². The largest absolute Gasteiger partial charge is 0.403 e. The minimum absolute atomic E-state index is 0.104. The molecule has 0 aliphatic carbocycles. The first-order valence-electron chi connectivity index (χ1n) is 9.76. The van der Waals surface area contributed by atoms with Crippen molar-refractivity contribution in [2.45, 2.75) is 78.2 Å². The van der Waals surface area contributed by atoms with Crippen LogP contribution in [0, 0.1) is 5.41 Å². The van der Waals surface area contributed by atoms with Crippen molar-refractivity contribution < 1.29 is 14.0 Å². The van der Waals surface area contributed by atoms with Gasteiger partial charge in [0.1, 0.15) is 0 Å². The van der Waals surface area contributed by atoms with Gasteiger partial charge in [0.15, 0.2) is 14.4 Å². The lowest BCUT2D eigenvalue weighted by molar-refractivity contribution is -0.174. The Morgan fingerprint density at radius 3 is 2.08 bits per heavy atom. The normalized spacial score (nSPS) is 20.8. The van der Waals surface area contributed by atoms with Gasteiger partial charge in [-0.3, -0.25) is 14.5 Å². The monoisotopic (exact) mass is 375 g/mol. The van der Waals surface area contributed by atoms with Crippen molar-refractivity contribution in [1.29, 1.82) is 0 Å². The van der Waals surface area contributed by atoms with Crippen molar-refractivity contribution in [2.24, 2.45) is 5.41 Å². The molecule has 2 unspecified atom stereocenters. The maximum Gasteiger partial charge on any atom is 0.260 e. The second kappa shape index (κ2) is 8.05. The molecule has 1 aliphatic heterocycles. The molecule has 0 bridgehead atoms. The molecule has 1 saturated heterocycles. The van der Waals surface area contributed by atoms with Crippen LogP contribution in [0.3, 0.4) is 0 Å². The van der Waals surface area contributed by atoms with Gasteiger partial charge in [0, 0.05) is 6.42 Å². The third kappa shape index (κ3) is 4.26. The molecule has 4 nitrogen and oxygen atoms in total. The van der Waals surface area contributed by atoms with Crippen molar-refractivity contribution in [3.8, 4) is 0 Å². The Balaban J connectivity index is 2.32. The molecule has 1 fully saturated rings. The van der Waals surface area contributed by atoms with Crippen LogP contribution < -0.4 is 0 Å². The Bertz CT molecular complexity index is 626. The van der Waals surface area contributed by atoms with E-state index >= 15 is 0 Å². The zero-order valence-electron chi connectivity index (χ0n) is 17.0. The lowest BCUT2D eigenvalue weighted by Gasteiger charge is -2.49. The van der Waals surface area contributed by atoms with Crippen LogP contribution in [0.5, 0.6) is 0 Å². The molecule has 1 heterocycles. The van der Waals surface area contributed by atoms with E-state index in [1.807, 2.05) is 51.1 Å². The van der Waals surface area contributed by atoms with E-state index in [0.717, 1.165) is 23.7 Å². The molecule has 2 rings (SSSR count). The predicted molar refractivity (Wildman–Crippen MR) is 107 cm³/mol. The zero-order chi connectivity index (χ0) is 19.5. The van der Waals surface area contributed by atoms with Crippen molar-refractivity contribution in [3.05, 3.63) is 35.9 Å². The van der Waals surface area contributed by atoms with Crippen molar-refractivity contribution in [3.63, 3.8) is 0 Å². The first-order chi connectivity index (χ1) is 12.2. The summed E-state index contributed by atoms with van der Waals surface area (Å²) in [4.78, 5) is 27.2. The summed E-state index contributed by atoms with van der Waals surface area (Å²) in [5, 5.41) is 0. The summed E-state index contributed by atoms with van der Waals surface area (Å²) in [6.45, 7) is 12.5. The number of amides is 2. The third-order valence-electron chi connectivity index (χ3n) is 5.45. The number of hydrogen-bond donors (Lipinski definition) is 0. The summed E-state index contributed by atoms with van der Waals surface area (Å²) in [5.41, 5.74) is 0.824. The Kier molecular flexibility index (Phi) is 6.45. The molecular formula is C21H33NO3Si. The molecule has 2 atom stereocenters. The Labute approximate surface area is 159 Å². The SMILES string of the molecule is CC[Si](CC)(CC)OC1C(=O)N(C(=O)CC(C)(C)C)C1c1ccccc1. The van der Waals surface area contributed by atoms with Crippen molar-refractivity contribution in [1.82, 2.24) is 4.90 Å². The van der Waals surface area contributed by atoms with E-state index in [2.05, 4.69) is 20.8 Å². The van der Waals surface area contributed by atoms with Crippen molar-refractivity contribution in [2.75, 3.05) is 0 Å². The Hall–Kier alpha value is -1.46. The summed E-state index contributed by atoms with van der Waals surface area (Å²) in [6, 6.07) is 12.5. The maximum atomic E-state index is 12.9. The number of carbonyl (C=O) groups excluding carboxylic acids is 2. The van der Waals surface area contributed by atoms with Gasteiger partial charge in [-0.15, -0.1) is 0 Å². The molecule has 144 valence electrons.